The van der Waals surface area contributed by atoms with E-state index in [9.17, 15) is 4.79 Å². The largest absolute Gasteiger partial charge is 0.479 e. The summed E-state index contributed by atoms with van der Waals surface area (Å²) in [5.74, 6) is -0.213. The van der Waals surface area contributed by atoms with Crippen molar-refractivity contribution in [3.63, 3.8) is 0 Å². The van der Waals surface area contributed by atoms with E-state index in [0.29, 0.717) is 6.61 Å². The van der Waals surface area contributed by atoms with Crippen LogP contribution in [0.4, 0.5) is 0 Å². The molecule has 0 aliphatic carbocycles. The van der Waals surface area contributed by atoms with Crippen LogP contribution in [0.5, 0.6) is 0 Å². The summed E-state index contributed by atoms with van der Waals surface area (Å²) in [5, 5.41) is 2.34. The maximum absolute atomic E-state index is 10.8. The summed E-state index contributed by atoms with van der Waals surface area (Å²) in [6.07, 6.45) is 3.32. The van der Waals surface area contributed by atoms with Crippen LogP contribution in [-0.2, 0) is 9.53 Å². The molecule has 0 bridgehead atoms. The van der Waals surface area contributed by atoms with Crippen molar-refractivity contribution in [2.45, 2.75) is 13.3 Å². The van der Waals surface area contributed by atoms with Crippen LogP contribution < -0.4 is 11.1 Å². The van der Waals surface area contributed by atoms with E-state index in [0.717, 1.165) is 6.42 Å². The van der Waals surface area contributed by atoms with E-state index in [1.165, 1.54) is 12.3 Å². The van der Waals surface area contributed by atoms with E-state index < -0.39 is 0 Å². The highest BCUT2D eigenvalue weighted by atomic mass is 16.5. The van der Waals surface area contributed by atoms with Gasteiger partial charge in [-0.25, -0.2) is 0 Å². The number of hydrogen-bond acceptors (Lipinski definition) is 3. The minimum absolute atomic E-state index is 0.121. The van der Waals surface area contributed by atoms with E-state index in [2.05, 4.69) is 11.9 Å². The van der Waals surface area contributed by atoms with E-state index in [4.69, 9.17) is 10.5 Å². The second-order valence-electron chi connectivity index (χ2n) is 2.11. The predicted octanol–water partition coefficient (Wildman–Crippen LogP) is 0.473. The molecule has 0 aromatic heterocycles. The first-order chi connectivity index (χ1) is 5.70. The summed E-state index contributed by atoms with van der Waals surface area (Å²) < 4.78 is 4.95. The van der Waals surface area contributed by atoms with Crippen LogP contribution in [0, 0.1) is 0 Å². The lowest BCUT2D eigenvalue weighted by Crippen LogP contribution is -2.16. The average Bonchev–Trinajstić information content (AvgIpc) is 2.01. The SMILES string of the molecule is C=CNC(=O)/C=C(\N)OCCC. The molecule has 68 valence electrons. The minimum Gasteiger partial charge on any atom is -0.479 e. The predicted molar refractivity (Wildman–Crippen MR) is 46.9 cm³/mol. The summed E-state index contributed by atoms with van der Waals surface area (Å²) in [7, 11) is 0. The van der Waals surface area contributed by atoms with Crippen molar-refractivity contribution in [2.24, 2.45) is 5.73 Å². The zero-order chi connectivity index (χ0) is 9.40. The second kappa shape index (κ2) is 6.27. The molecule has 0 radical (unpaired) electrons. The second-order valence-corrected chi connectivity index (χ2v) is 2.11. The number of hydrogen-bond donors (Lipinski definition) is 2. The van der Waals surface area contributed by atoms with Gasteiger partial charge in [-0.1, -0.05) is 13.5 Å². The maximum Gasteiger partial charge on any atom is 0.253 e. The zero-order valence-electron chi connectivity index (χ0n) is 7.17. The third-order valence-electron chi connectivity index (χ3n) is 0.991. The molecule has 12 heavy (non-hydrogen) atoms. The van der Waals surface area contributed by atoms with Crippen LogP contribution in [0.15, 0.2) is 24.7 Å². The molecule has 0 unspecified atom stereocenters. The Morgan fingerprint density at radius 2 is 2.42 bits per heavy atom. The van der Waals surface area contributed by atoms with Gasteiger partial charge >= 0.3 is 0 Å². The molecular weight excluding hydrogens is 156 g/mol. The summed E-state index contributed by atoms with van der Waals surface area (Å²) in [6, 6.07) is 0. The van der Waals surface area contributed by atoms with Crippen LogP contribution in [0.2, 0.25) is 0 Å². The van der Waals surface area contributed by atoms with Gasteiger partial charge in [0.2, 0.25) is 0 Å². The molecule has 3 N–H and O–H groups in total. The topological polar surface area (TPSA) is 64.4 Å². The van der Waals surface area contributed by atoms with Crippen molar-refractivity contribution in [3.05, 3.63) is 24.7 Å². The molecule has 0 fully saturated rings. The van der Waals surface area contributed by atoms with Gasteiger partial charge in [-0.15, -0.1) is 0 Å². The Labute approximate surface area is 72.1 Å². The molecule has 0 rings (SSSR count). The molecule has 1 amide bonds. The summed E-state index contributed by atoms with van der Waals surface area (Å²) >= 11 is 0. The number of carbonyl (C=O) groups is 1. The molecule has 0 saturated carbocycles. The van der Waals surface area contributed by atoms with Gasteiger partial charge in [0.15, 0.2) is 5.88 Å². The molecule has 0 heterocycles. The molecule has 4 nitrogen and oxygen atoms in total. The molecule has 0 spiro atoms. The van der Waals surface area contributed by atoms with Crippen molar-refractivity contribution < 1.29 is 9.53 Å². The number of rotatable bonds is 5. The molecule has 0 aromatic carbocycles. The molecule has 4 heteroatoms. The van der Waals surface area contributed by atoms with Crippen molar-refractivity contribution in [3.8, 4) is 0 Å². The maximum atomic E-state index is 10.8. The summed E-state index contributed by atoms with van der Waals surface area (Å²) in [5.41, 5.74) is 5.33. The lowest BCUT2D eigenvalue weighted by Gasteiger charge is -2.02. The number of nitrogens with one attached hydrogen (secondary N) is 1. The Bertz CT molecular complexity index is 187. The van der Waals surface area contributed by atoms with Gasteiger partial charge in [0.25, 0.3) is 5.91 Å². The highest BCUT2D eigenvalue weighted by molar-refractivity contribution is 5.88. The van der Waals surface area contributed by atoms with Crippen molar-refractivity contribution in [1.82, 2.24) is 5.32 Å². The fourth-order valence-corrected chi connectivity index (χ4v) is 0.533. The standard InChI is InChI=1S/C8H14N2O2/c1-3-5-12-7(9)6-8(11)10-4-2/h4,6H,2-3,5,9H2,1H3,(H,10,11)/b7-6+. The van der Waals surface area contributed by atoms with Gasteiger partial charge < -0.3 is 15.8 Å². The zero-order valence-corrected chi connectivity index (χ0v) is 7.17. The van der Waals surface area contributed by atoms with Gasteiger partial charge in [-0.3, -0.25) is 4.79 Å². The summed E-state index contributed by atoms with van der Waals surface area (Å²) in [6.45, 7) is 5.80. The average molecular weight is 170 g/mol. The van der Waals surface area contributed by atoms with E-state index in [1.54, 1.807) is 0 Å². The Hall–Kier alpha value is -1.45. The molecule has 0 saturated heterocycles. The lowest BCUT2D eigenvalue weighted by atomic mass is 10.5. The first kappa shape index (κ1) is 10.6. The van der Waals surface area contributed by atoms with Gasteiger partial charge in [-0.2, -0.15) is 0 Å². The third-order valence-corrected chi connectivity index (χ3v) is 0.991. The third kappa shape index (κ3) is 5.34. The Morgan fingerprint density at radius 1 is 1.75 bits per heavy atom. The number of ether oxygens (including phenoxy) is 1. The van der Waals surface area contributed by atoms with Crippen LogP contribution in [-0.4, -0.2) is 12.5 Å². The summed E-state index contributed by atoms with van der Waals surface area (Å²) in [4.78, 5) is 10.8. The first-order valence-corrected chi connectivity index (χ1v) is 3.72. The molecule has 0 atom stereocenters. The Morgan fingerprint density at radius 3 is 2.92 bits per heavy atom. The number of amides is 1. The molecule has 0 aliphatic heterocycles. The van der Waals surface area contributed by atoms with Crippen molar-refractivity contribution >= 4 is 5.91 Å². The van der Waals surface area contributed by atoms with Gasteiger partial charge in [0, 0.05) is 0 Å². The molecular formula is C8H14N2O2. The van der Waals surface area contributed by atoms with E-state index >= 15 is 0 Å². The van der Waals surface area contributed by atoms with Crippen molar-refractivity contribution in [1.29, 1.82) is 0 Å². The van der Waals surface area contributed by atoms with Crippen molar-refractivity contribution in [2.75, 3.05) is 6.61 Å². The quantitative estimate of drug-likeness (QED) is 0.465. The monoisotopic (exact) mass is 170 g/mol. The van der Waals surface area contributed by atoms with Gasteiger partial charge in [0.1, 0.15) is 0 Å². The smallest absolute Gasteiger partial charge is 0.253 e. The van der Waals surface area contributed by atoms with E-state index in [1.807, 2.05) is 6.92 Å². The fourth-order valence-electron chi connectivity index (χ4n) is 0.533. The Kier molecular flexibility index (Phi) is 5.51. The van der Waals surface area contributed by atoms with E-state index in [-0.39, 0.29) is 11.8 Å². The van der Waals surface area contributed by atoms with Crippen LogP contribution in [0.25, 0.3) is 0 Å². The van der Waals surface area contributed by atoms with Gasteiger partial charge in [0.05, 0.1) is 12.7 Å². The molecule has 0 aliphatic rings. The fraction of sp³-hybridized carbons (Fsp3) is 0.375. The van der Waals surface area contributed by atoms with Crippen LogP contribution >= 0.6 is 0 Å². The normalized spacial score (nSPS) is 10.6. The number of carbonyl (C=O) groups excluding carboxylic acids is 1. The lowest BCUT2D eigenvalue weighted by molar-refractivity contribution is -0.115. The van der Waals surface area contributed by atoms with Crippen LogP contribution in [0.1, 0.15) is 13.3 Å². The highest BCUT2D eigenvalue weighted by Gasteiger charge is 1.95. The minimum atomic E-state index is -0.335. The molecule has 0 aromatic rings. The Balaban J connectivity index is 3.80. The first-order valence-electron chi connectivity index (χ1n) is 3.72. The highest BCUT2D eigenvalue weighted by Crippen LogP contribution is 1.89. The van der Waals surface area contributed by atoms with Crippen LogP contribution in [0.3, 0.4) is 0 Å². The van der Waals surface area contributed by atoms with Gasteiger partial charge in [-0.05, 0) is 12.6 Å². The number of nitrogens with two attached hydrogens (primary N) is 1.